The molecule has 24 heavy (non-hydrogen) atoms. The van der Waals surface area contributed by atoms with Crippen molar-refractivity contribution < 1.29 is 24.7 Å². The van der Waals surface area contributed by atoms with Crippen molar-refractivity contribution in [2.24, 2.45) is 0 Å². The van der Waals surface area contributed by atoms with Crippen molar-refractivity contribution in [2.75, 3.05) is 38.9 Å². The van der Waals surface area contributed by atoms with Crippen LogP contribution in [0, 0.1) is 0 Å². The number of anilines is 2. The molecule has 11 nitrogen and oxygen atoms in total. The topological polar surface area (TPSA) is 150 Å². The summed E-state index contributed by atoms with van der Waals surface area (Å²) in [6.45, 7) is 0.197. The summed E-state index contributed by atoms with van der Waals surface area (Å²) in [5.74, 6) is 0.446. The number of nitrogen functional groups attached to an aromatic ring is 1. The van der Waals surface area contributed by atoms with Gasteiger partial charge in [-0.05, 0) is 0 Å². The molecule has 0 saturated heterocycles. The number of imidazole rings is 1. The molecule has 0 amide bonds. The number of hydrogen-bond donors (Lipinski definition) is 4. The summed E-state index contributed by atoms with van der Waals surface area (Å²) in [4.78, 5) is 21.5. The molecule has 3 unspecified atom stereocenters. The second-order valence-corrected chi connectivity index (χ2v) is 4.96. The maximum atomic E-state index is 10.5. The van der Waals surface area contributed by atoms with E-state index in [2.05, 4.69) is 25.2 Å². The Morgan fingerprint density at radius 3 is 2.71 bits per heavy atom. The fourth-order valence-corrected chi connectivity index (χ4v) is 2.33. The van der Waals surface area contributed by atoms with E-state index >= 15 is 0 Å². The van der Waals surface area contributed by atoms with Crippen LogP contribution in [-0.2, 0) is 14.5 Å². The van der Waals surface area contributed by atoms with Gasteiger partial charge >= 0.3 is 0 Å². The minimum Gasteiger partial charge on any atom is -0.386 e. The zero-order valence-electron chi connectivity index (χ0n) is 13.7. The molecule has 0 spiro atoms. The van der Waals surface area contributed by atoms with Crippen LogP contribution in [0.4, 0.5) is 11.8 Å². The molecular weight excluding hydrogens is 320 g/mol. The van der Waals surface area contributed by atoms with Crippen LogP contribution in [-0.4, -0.2) is 69.8 Å². The van der Waals surface area contributed by atoms with Crippen LogP contribution >= 0.6 is 0 Å². The summed E-state index contributed by atoms with van der Waals surface area (Å²) in [6, 6.07) is 0. The highest BCUT2D eigenvalue weighted by molar-refractivity contribution is 5.84. The summed E-state index contributed by atoms with van der Waals surface area (Å²) in [6.07, 6.45) is -1.61. The Morgan fingerprint density at radius 1 is 1.33 bits per heavy atom. The molecule has 2 rings (SSSR count). The van der Waals surface area contributed by atoms with E-state index in [1.165, 1.54) is 25.1 Å². The molecular formula is C13H22N6O5. The Hall–Kier alpha value is -2.05. The summed E-state index contributed by atoms with van der Waals surface area (Å²) in [7, 11) is 4.48. The average molecular weight is 342 g/mol. The normalized spacial score (nSPS) is 15.4. The molecule has 0 bridgehead atoms. The molecule has 2 heterocycles. The van der Waals surface area contributed by atoms with Crippen LogP contribution < -0.4 is 11.1 Å². The zero-order chi connectivity index (χ0) is 17.7. The van der Waals surface area contributed by atoms with E-state index < -0.39 is 18.4 Å². The number of aliphatic hydroxyl groups excluding tert-OH is 2. The van der Waals surface area contributed by atoms with Crippen molar-refractivity contribution in [3.8, 4) is 0 Å². The lowest BCUT2D eigenvalue weighted by Gasteiger charge is -2.26. The van der Waals surface area contributed by atoms with E-state index in [9.17, 15) is 10.2 Å². The fourth-order valence-electron chi connectivity index (χ4n) is 2.33. The molecule has 11 heteroatoms. The minimum absolute atomic E-state index is 0.0204. The lowest BCUT2D eigenvalue weighted by atomic mass is 10.1. The Kier molecular flexibility index (Phi) is 6.23. The summed E-state index contributed by atoms with van der Waals surface area (Å²) in [5.41, 5.74) is 6.39. The second kappa shape index (κ2) is 8.17. The standard InChI is InChI=1S/C13H22N6O5/c1-15-10-8-11(18-13(14)17-10)19(6-16-8)12(21)9(20)7(22-2)4-5-24-23-3/h6-7,9,12,20-21H,4-5H2,1-3H3,(H3,14,15,17,18). The van der Waals surface area contributed by atoms with Gasteiger partial charge in [-0.3, -0.25) is 4.57 Å². The van der Waals surface area contributed by atoms with E-state index in [1.807, 2.05) is 0 Å². The third-order valence-electron chi connectivity index (χ3n) is 3.55. The van der Waals surface area contributed by atoms with E-state index in [0.29, 0.717) is 23.4 Å². The number of aromatic nitrogens is 4. The molecule has 0 fully saturated rings. The van der Waals surface area contributed by atoms with Crippen LogP contribution in [0.3, 0.4) is 0 Å². The number of hydrogen-bond acceptors (Lipinski definition) is 10. The highest BCUT2D eigenvalue weighted by Crippen LogP contribution is 2.24. The number of fused-ring (bicyclic) bond motifs is 1. The van der Waals surface area contributed by atoms with Crippen molar-refractivity contribution in [1.82, 2.24) is 19.5 Å². The number of rotatable bonds is 9. The van der Waals surface area contributed by atoms with Crippen LogP contribution in [0.15, 0.2) is 6.33 Å². The molecule has 0 aliphatic rings. The minimum atomic E-state index is -1.35. The Morgan fingerprint density at radius 2 is 2.08 bits per heavy atom. The third-order valence-corrected chi connectivity index (χ3v) is 3.55. The number of nitrogens with zero attached hydrogens (tertiary/aromatic N) is 4. The maximum absolute atomic E-state index is 10.5. The molecule has 134 valence electrons. The van der Waals surface area contributed by atoms with Gasteiger partial charge in [0.25, 0.3) is 0 Å². The lowest BCUT2D eigenvalue weighted by molar-refractivity contribution is -0.277. The van der Waals surface area contributed by atoms with Gasteiger partial charge in [0.15, 0.2) is 23.2 Å². The van der Waals surface area contributed by atoms with E-state index in [4.69, 9.17) is 15.4 Å². The Balaban J connectivity index is 2.26. The van der Waals surface area contributed by atoms with Crippen molar-refractivity contribution >= 4 is 22.9 Å². The predicted octanol–water partition coefficient (Wildman–Crippen LogP) is -0.715. The van der Waals surface area contributed by atoms with Crippen molar-refractivity contribution in [3.05, 3.63) is 6.33 Å². The summed E-state index contributed by atoms with van der Waals surface area (Å²) >= 11 is 0. The highest BCUT2D eigenvalue weighted by Gasteiger charge is 2.29. The summed E-state index contributed by atoms with van der Waals surface area (Å²) < 4.78 is 6.52. The Labute approximate surface area is 138 Å². The largest absolute Gasteiger partial charge is 0.386 e. The quantitative estimate of drug-likeness (QED) is 0.261. The molecule has 2 aromatic rings. The lowest BCUT2D eigenvalue weighted by Crippen LogP contribution is -2.37. The first-order valence-corrected chi connectivity index (χ1v) is 7.25. The molecule has 0 aromatic carbocycles. The van der Waals surface area contributed by atoms with Crippen LogP contribution in [0.25, 0.3) is 11.2 Å². The number of methoxy groups -OCH3 is 1. The summed E-state index contributed by atoms with van der Waals surface area (Å²) in [5, 5.41) is 23.7. The Bertz CT molecular complexity index is 666. The SMILES string of the molecule is CNc1nc(N)nc2c1ncn2C(O)C(O)C(CCOOC)OC. The molecule has 3 atom stereocenters. The molecule has 0 aliphatic heterocycles. The van der Waals surface area contributed by atoms with Gasteiger partial charge in [0.05, 0.1) is 26.1 Å². The van der Waals surface area contributed by atoms with Gasteiger partial charge in [-0.15, -0.1) is 0 Å². The first-order valence-electron chi connectivity index (χ1n) is 7.25. The van der Waals surface area contributed by atoms with Crippen LogP contribution in [0.1, 0.15) is 12.6 Å². The van der Waals surface area contributed by atoms with Crippen molar-refractivity contribution in [2.45, 2.75) is 24.9 Å². The first kappa shape index (κ1) is 18.3. The van der Waals surface area contributed by atoms with Gasteiger partial charge in [0.2, 0.25) is 5.95 Å². The highest BCUT2D eigenvalue weighted by atomic mass is 17.2. The van der Waals surface area contributed by atoms with Gasteiger partial charge in [-0.2, -0.15) is 9.97 Å². The number of aliphatic hydroxyl groups is 2. The predicted molar refractivity (Wildman–Crippen MR) is 84.9 cm³/mol. The zero-order valence-corrected chi connectivity index (χ0v) is 13.7. The van der Waals surface area contributed by atoms with Crippen molar-refractivity contribution in [3.63, 3.8) is 0 Å². The average Bonchev–Trinajstić information content (AvgIpc) is 3.00. The van der Waals surface area contributed by atoms with Crippen molar-refractivity contribution in [1.29, 1.82) is 0 Å². The third kappa shape index (κ3) is 3.71. The fraction of sp³-hybridized carbons (Fsp3) is 0.615. The number of nitrogens with two attached hydrogens (primary N) is 1. The van der Waals surface area contributed by atoms with Crippen LogP contribution in [0.2, 0.25) is 0 Å². The molecule has 0 saturated carbocycles. The molecule has 2 aromatic heterocycles. The monoisotopic (exact) mass is 342 g/mol. The molecule has 0 radical (unpaired) electrons. The van der Waals surface area contributed by atoms with E-state index in [0.717, 1.165) is 0 Å². The van der Waals surface area contributed by atoms with Crippen LogP contribution in [0.5, 0.6) is 0 Å². The van der Waals surface area contributed by atoms with Gasteiger partial charge < -0.3 is 26.0 Å². The second-order valence-electron chi connectivity index (χ2n) is 4.96. The smallest absolute Gasteiger partial charge is 0.224 e. The number of ether oxygens (including phenoxy) is 1. The number of nitrogens with one attached hydrogen (secondary N) is 1. The van der Waals surface area contributed by atoms with E-state index in [-0.39, 0.29) is 12.6 Å². The van der Waals surface area contributed by atoms with Gasteiger partial charge in [0.1, 0.15) is 6.10 Å². The molecule has 5 N–H and O–H groups in total. The van der Waals surface area contributed by atoms with Gasteiger partial charge in [-0.1, -0.05) is 0 Å². The van der Waals surface area contributed by atoms with E-state index in [1.54, 1.807) is 7.05 Å². The van der Waals surface area contributed by atoms with Gasteiger partial charge in [0, 0.05) is 20.6 Å². The van der Waals surface area contributed by atoms with Gasteiger partial charge in [-0.25, -0.2) is 14.8 Å². The molecule has 0 aliphatic carbocycles. The maximum Gasteiger partial charge on any atom is 0.224 e. The first-order chi connectivity index (χ1) is 11.5.